The van der Waals surface area contributed by atoms with Crippen molar-refractivity contribution >= 4 is 6.08 Å². The standard InChI is InChI=1S/C15H22N2O2.C3H9N.C2H6.C2H4/c1-4-12-13(17-7-6-16-12)8-11-9-14(18)15(3,5-2)19-10-11;1-3-4-2;2*1-2/h6-8,14,18H,4-5,9-10H2,1-3H3;4H,3H2,1-2H3;1-2H3;1-2H2/b11-8-;;;. The Morgan fingerprint density at radius 1 is 1.26 bits per heavy atom. The van der Waals surface area contributed by atoms with Crippen molar-refractivity contribution in [1.82, 2.24) is 15.3 Å². The Kier molecular flexibility index (Phi) is 17.0. The summed E-state index contributed by atoms with van der Waals surface area (Å²) in [6, 6.07) is 0. The van der Waals surface area contributed by atoms with E-state index in [0.717, 1.165) is 36.3 Å². The van der Waals surface area contributed by atoms with E-state index in [1.54, 1.807) is 12.4 Å². The van der Waals surface area contributed by atoms with Crippen molar-refractivity contribution in [3.63, 3.8) is 0 Å². The predicted octanol–water partition coefficient (Wildman–Crippen LogP) is 4.43. The van der Waals surface area contributed by atoms with Crippen molar-refractivity contribution in [2.45, 2.75) is 72.5 Å². The van der Waals surface area contributed by atoms with Crippen LogP contribution in [0.15, 0.2) is 31.1 Å². The zero-order valence-electron chi connectivity index (χ0n) is 18.5. The molecule has 2 heterocycles. The molecular weight excluding hydrogens is 338 g/mol. The summed E-state index contributed by atoms with van der Waals surface area (Å²) < 4.78 is 5.82. The van der Waals surface area contributed by atoms with E-state index in [1.807, 2.05) is 40.8 Å². The lowest BCUT2D eigenvalue weighted by Crippen LogP contribution is -2.45. The average molecular weight is 380 g/mol. The molecule has 1 aromatic rings. The summed E-state index contributed by atoms with van der Waals surface area (Å²) >= 11 is 0. The van der Waals surface area contributed by atoms with Crippen molar-refractivity contribution in [3.8, 4) is 0 Å². The summed E-state index contributed by atoms with van der Waals surface area (Å²) in [6.07, 6.45) is 7.26. The Labute approximate surface area is 167 Å². The van der Waals surface area contributed by atoms with E-state index >= 15 is 0 Å². The van der Waals surface area contributed by atoms with Crippen LogP contribution in [0.2, 0.25) is 0 Å². The summed E-state index contributed by atoms with van der Waals surface area (Å²) in [4.78, 5) is 8.67. The summed E-state index contributed by atoms with van der Waals surface area (Å²) in [5, 5.41) is 13.1. The highest BCUT2D eigenvalue weighted by Gasteiger charge is 2.36. The molecule has 2 N–H and O–H groups in total. The van der Waals surface area contributed by atoms with Crippen molar-refractivity contribution < 1.29 is 9.84 Å². The van der Waals surface area contributed by atoms with Crippen LogP contribution in [0, 0.1) is 0 Å². The van der Waals surface area contributed by atoms with Gasteiger partial charge in [-0.2, -0.15) is 0 Å². The maximum atomic E-state index is 10.2. The molecular formula is C22H41N3O2. The molecule has 5 nitrogen and oxygen atoms in total. The maximum absolute atomic E-state index is 10.2. The van der Waals surface area contributed by atoms with Gasteiger partial charge in [-0.3, -0.25) is 9.97 Å². The van der Waals surface area contributed by atoms with Gasteiger partial charge in [0, 0.05) is 12.4 Å². The number of hydrogen-bond acceptors (Lipinski definition) is 5. The van der Waals surface area contributed by atoms with Crippen LogP contribution >= 0.6 is 0 Å². The minimum atomic E-state index is -0.459. The Bertz CT molecular complexity index is 518. The molecule has 0 radical (unpaired) electrons. The van der Waals surface area contributed by atoms with Crippen LogP contribution in [0.5, 0.6) is 0 Å². The number of aliphatic hydroxyl groups excluding tert-OH is 1. The summed E-state index contributed by atoms with van der Waals surface area (Å²) in [6.45, 7) is 19.8. The third-order valence-corrected chi connectivity index (χ3v) is 4.29. The molecule has 0 aliphatic carbocycles. The van der Waals surface area contributed by atoms with Gasteiger partial charge in [-0.25, -0.2) is 0 Å². The van der Waals surface area contributed by atoms with E-state index in [9.17, 15) is 5.11 Å². The fraction of sp³-hybridized carbons (Fsp3) is 0.636. The number of rotatable bonds is 4. The molecule has 2 rings (SSSR count). The first-order valence-electron chi connectivity index (χ1n) is 9.96. The normalized spacial score (nSPS) is 22.4. The van der Waals surface area contributed by atoms with Crippen molar-refractivity contribution in [2.24, 2.45) is 0 Å². The van der Waals surface area contributed by atoms with Crippen molar-refractivity contribution in [3.05, 3.63) is 42.5 Å². The Balaban J connectivity index is 0. The monoisotopic (exact) mass is 379 g/mol. The van der Waals surface area contributed by atoms with Gasteiger partial charge in [0.1, 0.15) is 0 Å². The van der Waals surface area contributed by atoms with Gasteiger partial charge < -0.3 is 15.2 Å². The van der Waals surface area contributed by atoms with E-state index in [1.165, 1.54) is 0 Å². The quantitative estimate of drug-likeness (QED) is 0.758. The number of ether oxygens (including phenoxy) is 1. The summed E-state index contributed by atoms with van der Waals surface area (Å²) in [5.74, 6) is 0. The third-order valence-electron chi connectivity index (χ3n) is 4.29. The third kappa shape index (κ3) is 9.80. The van der Waals surface area contributed by atoms with Gasteiger partial charge >= 0.3 is 0 Å². The first kappa shape index (κ1) is 27.7. The molecule has 0 saturated carbocycles. The SMILES string of the molecule is C=C.CC.CCNC.CCc1nccnc1/C=C1\COC(C)(CC)C(O)C1. The van der Waals surface area contributed by atoms with E-state index in [4.69, 9.17) is 4.74 Å². The maximum Gasteiger partial charge on any atom is 0.0917 e. The zero-order chi connectivity index (χ0) is 21.3. The van der Waals surface area contributed by atoms with E-state index in [2.05, 4.69) is 42.3 Å². The second-order valence-electron chi connectivity index (χ2n) is 5.93. The molecule has 1 aliphatic heterocycles. The number of aryl methyl sites for hydroxylation is 1. The molecule has 1 aromatic heterocycles. The topological polar surface area (TPSA) is 67.3 Å². The Hall–Kier alpha value is -1.56. The number of aliphatic hydroxyl groups is 1. The van der Waals surface area contributed by atoms with E-state index in [0.29, 0.717) is 13.0 Å². The Morgan fingerprint density at radius 2 is 1.81 bits per heavy atom. The first-order valence-corrected chi connectivity index (χ1v) is 9.96. The summed E-state index contributed by atoms with van der Waals surface area (Å²) in [7, 11) is 1.93. The second kappa shape index (κ2) is 16.6. The smallest absolute Gasteiger partial charge is 0.0917 e. The molecule has 156 valence electrons. The molecule has 1 aliphatic rings. The van der Waals surface area contributed by atoms with Crippen LogP contribution in [-0.4, -0.2) is 47.0 Å². The molecule has 1 saturated heterocycles. The number of aromatic nitrogens is 2. The highest BCUT2D eigenvalue weighted by Crippen LogP contribution is 2.31. The lowest BCUT2D eigenvalue weighted by Gasteiger charge is -2.38. The molecule has 2 unspecified atom stereocenters. The predicted molar refractivity (Wildman–Crippen MR) is 117 cm³/mol. The van der Waals surface area contributed by atoms with E-state index in [-0.39, 0.29) is 0 Å². The van der Waals surface area contributed by atoms with Crippen LogP contribution in [-0.2, 0) is 11.2 Å². The van der Waals surface area contributed by atoms with Crippen LogP contribution in [0.4, 0.5) is 0 Å². The fourth-order valence-electron chi connectivity index (χ4n) is 2.28. The zero-order valence-corrected chi connectivity index (χ0v) is 18.5. The molecule has 0 amide bonds. The average Bonchev–Trinajstić information content (AvgIpc) is 2.74. The molecule has 2 atom stereocenters. The number of nitrogens with one attached hydrogen (secondary N) is 1. The second-order valence-corrected chi connectivity index (χ2v) is 5.93. The van der Waals surface area contributed by atoms with Gasteiger partial charge in [0.2, 0.25) is 0 Å². The summed E-state index contributed by atoms with van der Waals surface area (Å²) in [5.41, 5.74) is 2.52. The lowest BCUT2D eigenvalue weighted by molar-refractivity contribution is -0.126. The minimum absolute atomic E-state index is 0.423. The molecule has 27 heavy (non-hydrogen) atoms. The van der Waals surface area contributed by atoms with Gasteiger partial charge in [-0.15, -0.1) is 13.2 Å². The molecule has 1 fully saturated rings. The van der Waals surface area contributed by atoms with Crippen LogP contribution < -0.4 is 5.32 Å². The van der Waals surface area contributed by atoms with Gasteiger partial charge in [0.05, 0.1) is 29.7 Å². The minimum Gasteiger partial charge on any atom is -0.390 e. The van der Waals surface area contributed by atoms with Gasteiger partial charge in [-0.05, 0) is 51.4 Å². The van der Waals surface area contributed by atoms with Crippen molar-refractivity contribution in [1.29, 1.82) is 0 Å². The fourth-order valence-corrected chi connectivity index (χ4v) is 2.28. The molecule has 5 heteroatoms. The van der Waals surface area contributed by atoms with Gasteiger partial charge in [-0.1, -0.05) is 34.6 Å². The van der Waals surface area contributed by atoms with Crippen molar-refractivity contribution in [2.75, 3.05) is 20.2 Å². The van der Waals surface area contributed by atoms with Gasteiger partial charge in [0.15, 0.2) is 0 Å². The van der Waals surface area contributed by atoms with E-state index < -0.39 is 11.7 Å². The van der Waals surface area contributed by atoms with Crippen LogP contribution in [0.25, 0.3) is 6.08 Å². The molecule has 0 bridgehead atoms. The highest BCUT2D eigenvalue weighted by atomic mass is 16.5. The molecule has 0 aromatic carbocycles. The van der Waals surface area contributed by atoms with Crippen LogP contribution in [0.1, 0.15) is 65.8 Å². The highest BCUT2D eigenvalue weighted by molar-refractivity contribution is 5.51. The largest absolute Gasteiger partial charge is 0.390 e. The number of nitrogens with zero attached hydrogens (tertiary/aromatic N) is 2. The molecule has 0 spiro atoms. The lowest BCUT2D eigenvalue weighted by atomic mass is 9.87. The van der Waals surface area contributed by atoms with Crippen LogP contribution in [0.3, 0.4) is 0 Å². The first-order chi connectivity index (χ1) is 13.0. The van der Waals surface area contributed by atoms with Gasteiger partial charge in [0.25, 0.3) is 0 Å². The number of hydrogen-bond donors (Lipinski definition) is 2. The Morgan fingerprint density at radius 3 is 2.26 bits per heavy atom.